The number of benzene rings is 1. The van der Waals surface area contributed by atoms with E-state index in [1.807, 2.05) is 0 Å². The van der Waals surface area contributed by atoms with Crippen molar-refractivity contribution in [2.75, 3.05) is 0 Å². The summed E-state index contributed by atoms with van der Waals surface area (Å²) in [5.74, 6) is 0. The van der Waals surface area contributed by atoms with Gasteiger partial charge in [0.05, 0.1) is 11.5 Å². The van der Waals surface area contributed by atoms with Crippen molar-refractivity contribution in [2.45, 2.75) is 59.8 Å². The molecule has 0 unspecified atom stereocenters. The van der Waals surface area contributed by atoms with Crippen molar-refractivity contribution < 1.29 is 0 Å². The number of rotatable bonds is 2. The monoisotopic (exact) mass is 255 g/mol. The molecule has 0 saturated heterocycles. The predicted octanol–water partition coefficient (Wildman–Crippen LogP) is 4.96. The summed E-state index contributed by atoms with van der Waals surface area (Å²) in [6, 6.07) is 9.10. The first-order chi connectivity index (χ1) is 8.87. The van der Waals surface area contributed by atoms with Crippen LogP contribution in [0.3, 0.4) is 0 Å². The molecule has 102 valence electrons. The van der Waals surface area contributed by atoms with Crippen LogP contribution in [0.1, 0.15) is 56.2 Å². The molecule has 1 fully saturated rings. The Bertz CT molecular complexity index is 475. The molecule has 0 aromatic heterocycles. The molecule has 0 N–H and O–H groups in total. The van der Waals surface area contributed by atoms with Crippen molar-refractivity contribution in [3.05, 3.63) is 34.9 Å². The van der Waals surface area contributed by atoms with Crippen LogP contribution in [-0.4, -0.2) is 0 Å². The molecule has 1 aliphatic carbocycles. The fraction of sp³-hybridized carbons (Fsp3) is 0.611. The van der Waals surface area contributed by atoms with Crippen LogP contribution in [-0.2, 0) is 6.42 Å². The van der Waals surface area contributed by atoms with E-state index >= 15 is 0 Å². The lowest BCUT2D eigenvalue weighted by atomic mass is 9.63. The topological polar surface area (TPSA) is 23.8 Å². The van der Waals surface area contributed by atoms with Gasteiger partial charge in [0.15, 0.2) is 0 Å². The highest BCUT2D eigenvalue weighted by atomic mass is 14.4. The van der Waals surface area contributed by atoms with Crippen LogP contribution in [0, 0.1) is 36.0 Å². The molecule has 0 bridgehead atoms. The number of hydrogen-bond acceptors (Lipinski definition) is 1. The minimum Gasteiger partial charge on any atom is -0.198 e. The molecule has 0 spiro atoms. The predicted molar refractivity (Wildman–Crippen MR) is 79.9 cm³/mol. The summed E-state index contributed by atoms with van der Waals surface area (Å²) in [7, 11) is 0. The average Bonchev–Trinajstić information content (AvgIpc) is 2.37. The largest absolute Gasteiger partial charge is 0.198 e. The normalized spacial score (nSPS) is 20.8. The number of nitriles is 1. The Morgan fingerprint density at radius 2 is 1.58 bits per heavy atom. The second-order valence-electron chi connectivity index (χ2n) is 7.10. The molecule has 19 heavy (non-hydrogen) atoms. The molecular formula is C18H25N. The lowest BCUT2D eigenvalue weighted by molar-refractivity contribution is 0.145. The second-order valence-corrected chi connectivity index (χ2v) is 7.10. The molecule has 1 aromatic carbocycles. The van der Waals surface area contributed by atoms with Crippen LogP contribution < -0.4 is 0 Å². The fourth-order valence-corrected chi connectivity index (χ4v) is 3.20. The first-order valence-electron chi connectivity index (χ1n) is 7.34. The quantitative estimate of drug-likeness (QED) is 0.733. The van der Waals surface area contributed by atoms with E-state index in [0.29, 0.717) is 5.41 Å². The highest BCUT2D eigenvalue weighted by Gasteiger charge is 2.39. The Labute approximate surface area is 117 Å². The molecule has 0 heterocycles. The summed E-state index contributed by atoms with van der Waals surface area (Å²) in [6.07, 6.45) is 5.36. The van der Waals surface area contributed by atoms with Gasteiger partial charge in [0.2, 0.25) is 0 Å². The van der Waals surface area contributed by atoms with Gasteiger partial charge < -0.3 is 0 Å². The van der Waals surface area contributed by atoms with Crippen molar-refractivity contribution in [1.82, 2.24) is 0 Å². The Morgan fingerprint density at radius 1 is 1.05 bits per heavy atom. The van der Waals surface area contributed by atoms with Crippen molar-refractivity contribution in [2.24, 2.45) is 10.8 Å². The highest BCUT2D eigenvalue weighted by Crippen LogP contribution is 2.46. The molecule has 0 amide bonds. The summed E-state index contributed by atoms with van der Waals surface area (Å²) in [4.78, 5) is 0. The standard InChI is InChI=1S/C18H25N/c1-14-6-5-7-15(2)16(14)12-18(13-19)10-8-17(3,4)9-11-18/h5-7H,8-12H2,1-4H3. The average molecular weight is 255 g/mol. The van der Waals surface area contributed by atoms with E-state index in [9.17, 15) is 5.26 Å². The van der Waals surface area contributed by atoms with Gasteiger partial charge in [-0.3, -0.25) is 0 Å². The Hall–Kier alpha value is -1.29. The van der Waals surface area contributed by atoms with Crippen molar-refractivity contribution >= 4 is 0 Å². The zero-order valence-corrected chi connectivity index (χ0v) is 12.7. The van der Waals surface area contributed by atoms with Gasteiger partial charge in [-0.1, -0.05) is 32.0 Å². The van der Waals surface area contributed by atoms with Gasteiger partial charge in [-0.25, -0.2) is 0 Å². The zero-order valence-electron chi connectivity index (χ0n) is 12.7. The van der Waals surface area contributed by atoms with Gasteiger partial charge in [0, 0.05) is 0 Å². The van der Waals surface area contributed by atoms with Gasteiger partial charge in [0.25, 0.3) is 0 Å². The molecule has 0 aliphatic heterocycles. The number of nitrogens with zero attached hydrogens (tertiary/aromatic N) is 1. The third-order valence-electron chi connectivity index (χ3n) is 4.96. The molecule has 1 saturated carbocycles. The number of hydrogen-bond donors (Lipinski definition) is 0. The van der Waals surface area contributed by atoms with Crippen LogP contribution >= 0.6 is 0 Å². The lowest BCUT2D eigenvalue weighted by Gasteiger charge is -2.40. The van der Waals surface area contributed by atoms with E-state index in [-0.39, 0.29) is 5.41 Å². The smallest absolute Gasteiger partial charge is 0.0693 e. The maximum atomic E-state index is 9.70. The minimum atomic E-state index is -0.133. The summed E-state index contributed by atoms with van der Waals surface area (Å²) in [5, 5.41) is 9.70. The van der Waals surface area contributed by atoms with E-state index in [2.05, 4.69) is 52.0 Å². The number of aryl methyl sites for hydroxylation is 2. The van der Waals surface area contributed by atoms with Crippen LogP contribution in [0.15, 0.2) is 18.2 Å². The first kappa shape index (κ1) is 14.1. The zero-order chi connectivity index (χ0) is 14.1. The van der Waals surface area contributed by atoms with E-state index in [1.54, 1.807) is 0 Å². The third-order valence-corrected chi connectivity index (χ3v) is 4.96. The molecule has 0 radical (unpaired) electrons. The maximum Gasteiger partial charge on any atom is 0.0693 e. The molecule has 1 heteroatoms. The fourth-order valence-electron chi connectivity index (χ4n) is 3.20. The summed E-state index contributed by atoms with van der Waals surface area (Å²) in [5.41, 5.74) is 4.34. The third kappa shape index (κ3) is 3.00. The minimum absolute atomic E-state index is 0.133. The Balaban J connectivity index is 2.24. The van der Waals surface area contributed by atoms with E-state index in [1.165, 1.54) is 29.5 Å². The molecule has 1 aliphatic rings. The summed E-state index contributed by atoms with van der Waals surface area (Å²) >= 11 is 0. The van der Waals surface area contributed by atoms with Crippen molar-refractivity contribution in [1.29, 1.82) is 5.26 Å². The van der Waals surface area contributed by atoms with E-state index < -0.39 is 0 Å². The summed E-state index contributed by atoms with van der Waals surface area (Å²) < 4.78 is 0. The van der Waals surface area contributed by atoms with Gasteiger partial charge in [-0.2, -0.15) is 5.26 Å². The van der Waals surface area contributed by atoms with E-state index in [0.717, 1.165) is 19.3 Å². The first-order valence-corrected chi connectivity index (χ1v) is 7.34. The van der Waals surface area contributed by atoms with Crippen LogP contribution in [0.25, 0.3) is 0 Å². The second kappa shape index (κ2) is 5.00. The molecule has 1 aromatic rings. The Kier molecular flexibility index (Phi) is 3.72. The van der Waals surface area contributed by atoms with Crippen LogP contribution in [0.2, 0.25) is 0 Å². The molecule has 1 nitrogen and oxygen atoms in total. The maximum absolute atomic E-state index is 9.70. The summed E-state index contributed by atoms with van der Waals surface area (Å²) in [6.45, 7) is 8.99. The molecule has 2 rings (SSSR count). The van der Waals surface area contributed by atoms with Crippen LogP contribution in [0.5, 0.6) is 0 Å². The van der Waals surface area contributed by atoms with Gasteiger partial charge in [-0.05, 0) is 68.1 Å². The SMILES string of the molecule is Cc1cccc(C)c1CC1(C#N)CCC(C)(C)CC1. The van der Waals surface area contributed by atoms with Crippen molar-refractivity contribution in [3.8, 4) is 6.07 Å². The Morgan fingerprint density at radius 3 is 2.05 bits per heavy atom. The lowest BCUT2D eigenvalue weighted by Crippen LogP contribution is -2.32. The molecule has 0 atom stereocenters. The van der Waals surface area contributed by atoms with Gasteiger partial charge >= 0.3 is 0 Å². The van der Waals surface area contributed by atoms with Gasteiger partial charge in [-0.15, -0.1) is 0 Å². The van der Waals surface area contributed by atoms with Crippen molar-refractivity contribution in [3.63, 3.8) is 0 Å². The van der Waals surface area contributed by atoms with E-state index in [4.69, 9.17) is 0 Å². The van der Waals surface area contributed by atoms with Gasteiger partial charge in [0.1, 0.15) is 0 Å². The molecular weight excluding hydrogens is 230 g/mol. The van der Waals surface area contributed by atoms with Crippen LogP contribution in [0.4, 0.5) is 0 Å². The highest BCUT2D eigenvalue weighted by molar-refractivity contribution is 5.35.